The molecule has 0 radical (unpaired) electrons. The van der Waals surface area contributed by atoms with Crippen LogP contribution in [0.15, 0.2) is 24.3 Å². The van der Waals surface area contributed by atoms with Gasteiger partial charge in [0.2, 0.25) is 0 Å². The molecule has 7 heteroatoms. The zero-order valence-corrected chi connectivity index (χ0v) is 14.0. The van der Waals surface area contributed by atoms with E-state index in [0.29, 0.717) is 18.2 Å². The molecule has 0 spiro atoms. The largest absolute Gasteiger partial charge is 0.383 e. The van der Waals surface area contributed by atoms with Crippen LogP contribution in [0.4, 0.5) is 5.82 Å². The van der Waals surface area contributed by atoms with Crippen molar-refractivity contribution in [2.24, 2.45) is 0 Å². The molecule has 0 saturated carbocycles. The van der Waals surface area contributed by atoms with Gasteiger partial charge in [0.25, 0.3) is 0 Å². The molecule has 120 valence electrons. The summed E-state index contributed by atoms with van der Waals surface area (Å²) in [5.74, 6) is 1.33. The van der Waals surface area contributed by atoms with E-state index in [-0.39, 0.29) is 17.5 Å². The Balaban J connectivity index is 2.16. The molecule has 6 nitrogen and oxygen atoms in total. The van der Waals surface area contributed by atoms with Crippen molar-refractivity contribution >= 4 is 26.6 Å². The number of rotatable bonds is 6. The average Bonchev–Trinajstić information content (AvgIpc) is 2.47. The number of aromatic nitrogens is 2. The van der Waals surface area contributed by atoms with Gasteiger partial charge in [-0.25, -0.2) is 18.4 Å². The molecule has 0 aliphatic rings. The quantitative estimate of drug-likeness (QED) is 0.866. The maximum Gasteiger partial charge on any atom is 0.151 e. The number of benzene rings is 1. The second-order valence-electron chi connectivity index (χ2n) is 5.51. The van der Waals surface area contributed by atoms with Gasteiger partial charge in [-0.3, -0.25) is 4.90 Å². The third kappa shape index (κ3) is 3.92. The third-order valence-corrected chi connectivity index (χ3v) is 5.63. The van der Waals surface area contributed by atoms with Crippen LogP contribution in [0.5, 0.6) is 0 Å². The smallest absolute Gasteiger partial charge is 0.151 e. The van der Waals surface area contributed by atoms with E-state index in [1.54, 1.807) is 6.92 Å². The Hall–Kier alpha value is -1.73. The van der Waals surface area contributed by atoms with Crippen molar-refractivity contribution in [3.8, 4) is 0 Å². The van der Waals surface area contributed by atoms with E-state index in [9.17, 15) is 8.42 Å². The van der Waals surface area contributed by atoms with Crippen LogP contribution < -0.4 is 5.73 Å². The molecule has 22 heavy (non-hydrogen) atoms. The SMILES string of the molecule is CCS(=O)(=O)CC(C)N(C)Cc1nc(N)c2ccccc2n1. The average molecular weight is 322 g/mol. The number of nitrogens with zero attached hydrogens (tertiary/aromatic N) is 3. The molecule has 1 aromatic heterocycles. The van der Waals surface area contributed by atoms with Gasteiger partial charge in [0.05, 0.1) is 17.8 Å². The van der Waals surface area contributed by atoms with Gasteiger partial charge in [-0.1, -0.05) is 19.1 Å². The first-order valence-corrected chi connectivity index (χ1v) is 9.06. The van der Waals surface area contributed by atoms with Crippen LogP contribution in [0.3, 0.4) is 0 Å². The highest BCUT2D eigenvalue weighted by molar-refractivity contribution is 7.91. The standard InChI is InChI=1S/C15H22N4O2S/c1-4-22(20,21)10-11(2)19(3)9-14-17-13-8-6-5-7-12(13)15(16)18-14/h5-8,11H,4,9-10H2,1-3H3,(H2,16,17,18). The maximum atomic E-state index is 11.7. The van der Waals surface area contributed by atoms with Crippen LogP contribution in [0.25, 0.3) is 10.9 Å². The van der Waals surface area contributed by atoms with E-state index in [1.807, 2.05) is 43.1 Å². The van der Waals surface area contributed by atoms with Crippen molar-refractivity contribution in [3.05, 3.63) is 30.1 Å². The molecule has 0 aliphatic carbocycles. The molecule has 0 amide bonds. The Morgan fingerprint density at radius 1 is 1.27 bits per heavy atom. The highest BCUT2D eigenvalue weighted by Crippen LogP contribution is 2.18. The van der Waals surface area contributed by atoms with Gasteiger partial charge in [0.15, 0.2) is 9.84 Å². The topological polar surface area (TPSA) is 89.2 Å². The number of sulfone groups is 1. The molecule has 2 N–H and O–H groups in total. The third-order valence-electron chi connectivity index (χ3n) is 3.76. The van der Waals surface area contributed by atoms with E-state index < -0.39 is 9.84 Å². The number of hydrogen-bond donors (Lipinski definition) is 1. The van der Waals surface area contributed by atoms with Crippen molar-refractivity contribution < 1.29 is 8.42 Å². The monoisotopic (exact) mass is 322 g/mol. The van der Waals surface area contributed by atoms with Crippen molar-refractivity contribution in [2.45, 2.75) is 26.4 Å². The first kappa shape index (κ1) is 16.6. The van der Waals surface area contributed by atoms with E-state index in [2.05, 4.69) is 9.97 Å². The lowest BCUT2D eigenvalue weighted by Crippen LogP contribution is -2.35. The lowest BCUT2D eigenvalue weighted by atomic mass is 10.2. The van der Waals surface area contributed by atoms with Crippen LogP contribution in [0, 0.1) is 0 Å². The van der Waals surface area contributed by atoms with Gasteiger partial charge in [0.1, 0.15) is 11.6 Å². The van der Waals surface area contributed by atoms with Gasteiger partial charge in [-0.15, -0.1) is 0 Å². The zero-order valence-electron chi connectivity index (χ0n) is 13.2. The molecule has 1 atom stereocenters. The van der Waals surface area contributed by atoms with Crippen molar-refractivity contribution in [3.63, 3.8) is 0 Å². The summed E-state index contributed by atoms with van der Waals surface area (Å²) in [5.41, 5.74) is 6.76. The van der Waals surface area contributed by atoms with Crippen molar-refractivity contribution in [1.82, 2.24) is 14.9 Å². The normalized spacial score (nSPS) is 13.6. The second kappa shape index (κ2) is 6.58. The fourth-order valence-electron chi connectivity index (χ4n) is 2.21. The first-order valence-electron chi connectivity index (χ1n) is 7.24. The molecule has 2 aromatic rings. The summed E-state index contributed by atoms with van der Waals surface area (Å²) < 4.78 is 23.4. The summed E-state index contributed by atoms with van der Waals surface area (Å²) in [6.07, 6.45) is 0. The van der Waals surface area contributed by atoms with E-state index in [4.69, 9.17) is 5.73 Å². The Morgan fingerprint density at radius 2 is 1.95 bits per heavy atom. The minimum Gasteiger partial charge on any atom is -0.383 e. The number of fused-ring (bicyclic) bond motifs is 1. The van der Waals surface area contributed by atoms with Gasteiger partial charge in [-0.2, -0.15) is 0 Å². The summed E-state index contributed by atoms with van der Waals surface area (Å²) in [7, 11) is -1.14. The fraction of sp³-hybridized carbons (Fsp3) is 0.467. The molecule has 0 aliphatic heterocycles. The van der Waals surface area contributed by atoms with Crippen molar-refractivity contribution in [1.29, 1.82) is 0 Å². The highest BCUT2D eigenvalue weighted by atomic mass is 32.2. The summed E-state index contributed by atoms with van der Waals surface area (Å²) in [6.45, 7) is 4.00. The summed E-state index contributed by atoms with van der Waals surface area (Å²) in [6, 6.07) is 7.46. The minimum atomic E-state index is -3.01. The lowest BCUT2D eigenvalue weighted by molar-refractivity contribution is 0.261. The van der Waals surface area contributed by atoms with Gasteiger partial charge >= 0.3 is 0 Å². The number of anilines is 1. The lowest BCUT2D eigenvalue weighted by Gasteiger charge is -2.23. The predicted molar refractivity (Wildman–Crippen MR) is 89.2 cm³/mol. The molecule has 1 unspecified atom stereocenters. The molecule has 1 aromatic carbocycles. The highest BCUT2D eigenvalue weighted by Gasteiger charge is 2.18. The van der Waals surface area contributed by atoms with Crippen LogP contribution in [-0.2, 0) is 16.4 Å². The minimum absolute atomic E-state index is 0.110. The maximum absolute atomic E-state index is 11.7. The summed E-state index contributed by atoms with van der Waals surface area (Å²) >= 11 is 0. The molecule has 1 heterocycles. The molecule has 0 saturated heterocycles. The molecule has 0 bridgehead atoms. The first-order chi connectivity index (χ1) is 10.3. The van der Waals surface area contributed by atoms with Gasteiger partial charge < -0.3 is 5.73 Å². The Labute approximate surface area is 131 Å². The predicted octanol–water partition coefficient (Wildman–Crippen LogP) is 1.47. The summed E-state index contributed by atoms with van der Waals surface area (Å²) in [5, 5.41) is 0.829. The van der Waals surface area contributed by atoms with E-state index in [0.717, 1.165) is 10.9 Å². The number of para-hydroxylation sites is 1. The van der Waals surface area contributed by atoms with E-state index >= 15 is 0 Å². The number of nitrogen functional groups attached to an aromatic ring is 1. The Bertz CT molecular complexity index is 761. The fourth-order valence-corrected chi connectivity index (χ4v) is 3.44. The number of nitrogens with two attached hydrogens (primary N) is 1. The van der Waals surface area contributed by atoms with Crippen LogP contribution in [0.1, 0.15) is 19.7 Å². The zero-order chi connectivity index (χ0) is 16.3. The summed E-state index contributed by atoms with van der Waals surface area (Å²) in [4.78, 5) is 10.7. The van der Waals surface area contributed by atoms with Crippen LogP contribution >= 0.6 is 0 Å². The van der Waals surface area contributed by atoms with Crippen molar-refractivity contribution in [2.75, 3.05) is 24.3 Å². The molecular formula is C15H22N4O2S. The van der Waals surface area contributed by atoms with Crippen LogP contribution in [-0.4, -0.2) is 47.9 Å². The molecule has 0 fully saturated rings. The van der Waals surface area contributed by atoms with E-state index in [1.165, 1.54) is 0 Å². The van der Waals surface area contributed by atoms with Gasteiger partial charge in [-0.05, 0) is 26.1 Å². The number of hydrogen-bond acceptors (Lipinski definition) is 6. The molecule has 2 rings (SSSR count). The Kier molecular flexibility index (Phi) is 4.97. The second-order valence-corrected chi connectivity index (χ2v) is 7.90. The molecular weight excluding hydrogens is 300 g/mol. The Morgan fingerprint density at radius 3 is 2.64 bits per heavy atom. The van der Waals surface area contributed by atoms with Gasteiger partial charge in [0, 0.05) is 17.2 Å². The van der Waals surface area contributed by atoms with Crippen LogP contribution in [0.2, 0.25) is 0 Å².